The van der Waals surface area contributed by atoms with E-state index in [0.717, 1.165) is 6.07 Å². The van der Waals surface area contributed by atoms with Gasteiger partial charge >= 0.3 is 5.97 Å². The van der Waals surface area contributed by atoms with Crippen LogP contribution in [0.4, 0.5) is 10.1 Å². The van der Waals surface area contributed by atoms with E-state index in [2.05, 4.69) is 5.32 Å². The fourth-order valence-electron chi connectivity index (χ4n) is 0.925. The van der Waals surface area contributed by atoms with E-state index in [0.29, 0.717) is 6.41 Å². The predicted molar refractivity (Wildman–Crippen MR) is 43.0 cm³/mol. The van der Waals surface area contributed by atoms with Gasteiger partial charge in [-0.1, -0.05) is 6.07 Å². The lowest BCUT2D eigenvalue weighted by Crippen LogP contribution is -2.07. The van der Waals surface area contributed by atoms with Crippen molar-refractivity contribution >= 4 is 18.1 Å². The third-order valence-electron chi connectivity index (χ3n) is 1.44. The van der Waals surface area contributed by atoms with E-state index in [9.17, 15) is 14.0 Å². The highest BCUT2D eigenvalue weighted by molar-refractivity contribution is 5.96. The summed E-state index contributed by atoms with van der Waals surface area (Å²) in [5.41, 5.74) is -0.586. The summed E-state index contributed by atoms with van der Waals surface area (Å²) < 4.78 is 12.9. The average molecular weight is 183 g/mol. The molecule has 0 unspecified atom stereocenters. The zero-order valence-electron chi connectivity index (χ0n) is 6.45. The van der Waals surface area contributed by atoms with Gasteiger partial charge in [0.2, 0.25) is 6.41 Å². The number of carboxylic acid groups (broad SMARTS) is 1. The van der Waals surface area contributed by atoms with Gasteiger partial charge in [0.25, 0.3) is 0 Å². The maximum Gasteiger partial charge on any atom is 0.340 e. The van der Waals surface area contributed by atoms with Crippen LogP contribution in [0.5, 0.6) is 0 Å². The molecule has 13 heavy (non-hydrogen) atoms. The molecule has 1 amide bonds. The van der Waals surface area contributed by atoms with Crippen LogP contribution in [-0.2, 0) is 4.79 Å². The number of amides is 1. The second-order valence-corrected chi connectivity index (χ2v) is 2.23. The molecule has 0 spiro atoms. The number of halogens is 1. The first-order valence-electron chi connectivity index (χ1n) is 3.39. The molecule has 0 aliphatic rings. The van der Waals surface area contributed by atoms with E-state index < -0.39 is 17.3 Å². The van der Waals surface area contributed by atoms with Crippen molar-refractivity contribution in [3.63, 3.8) is 0 Å². The molecule has 0 aromatic heterocycles. The molecule has 4 nitrogen and oxygen atoms in total. The first-order valence-corrected chi connectivity index (χ1v) is 3.39. The van der Waals surface area contributed by atoms with Crippen molar-refractivity contribution < 1.29 is 19.1 Å². The number of carboxylic acids is 1. The van der Waals surface area contributed by atoms with Crippen molar-refractivity contribution in [1.29, 1.82) is 0 Å². The van der Waals surface area contributed by atoms with Gasteiger partial charge in [-0.25, -0.2) is 9.18 Å². The highest BCUT2D eigenvalue weighted by Crippen LogP contribution is 2.17. The number of hydrogen-bond donors (Lipinski definition) is 2. The predicted octanol–water partition coefficient (Wildman–Crippen LogP) is 1.09. The third-order valence-corrected chi connectivity index (χ3v) is 1.44. The van der Waals surface area contributed by atoms with Gasteiger partial charge in [0.15, 0.2) is 0 Å². The van der Waals surface area contributed by atoms with E-state index in [4.69, 9.17) is 5.11 Å². The molecule has 0 bridgehead atoms. The fraction of sp³-hybridized carbons (Fsp3) is 0. The summed E-state index contributed by atoms with van der Waals surface area (Å²) >= 11 is 0. The Morgan fingerprint density at radius 1 is 1.54 bits per heavy atom. The molecule has 2 N–H and O–H groups in total. The normalized spacial score (nSPS) is 9.31. The standard InChI is InChI=1S/C8H6FNO3/c9-5-2-1-3-6(10-4-11)7(5)8(12)13/h1-4H,(H,10,11)(H,12,13). The van der Waals surface area contributed by atoms with E-state index in [1.165, 1.54) is 12.1 Å². The minimum atomic E-state index is -1.41. The average Bonchev–Trinajstić information content (AvgIpc) is 2.04. The maximum absolute atomic E-state index is 12.9. The quantitative estimate of drug-likeness (QED) is 0.689. The van der Waals surface area contributed by atoms with Crippen molar-refractivity contribution in [1.82, 2.24) is 0 Å². The Labute approximate surface area is 73.0 Å². The number of carbonyl (C=O) groups is 2. The van der Waals surface area contributed by atoms with Crippen molar-refractivity contribution in [2.75, 3.05) is 5.32 Å². The number of nitrogens with one attached hydrogen (secondary N) is 1. The minimum absolute atomic E-state index is 0.0532. The molecule has 0 saturated carbocycles. The van der Waals surface area contributed by atoms with Crippen molar-refractivity contribution in [3.05, 3.63) is 29.6 Å². The summed E-state index contributed by atoms with van der Waals surface area (Å²) in [7, 11) is 0. The Bertz CT molecular complexity index is 351. The van der Waals surface area contributed by atoms with Crippen LogP contribution in [-0.4, -0.2) is 17.5 Å². The van der Waals surface area contributed by atoms with Crippen LogP contribution in [0.1, 0.15) is 10.4 Å². The van der Waals surface area contributed by atoms with Gasteiger partial charge in [-0.15, -0.1) is 0 Å². The zero-order valence-corrected chi connectivity index (χ0v) is 6.45. The summed E-state index contributed by atoms with van der Waals surface area (Å²) in [6.45, 7) is 0. The number of rotatable bonds is 3. The van der Waals surface area contributed by atoms with Crippen LogP contribution < -0.4 is 5.32 Å². The molecular weight excluding hydrogens is 177 g/mol. The lowest BCUT2D eigenvalue weighted by molar-refractivity contribution is -0.105. The minimum Gasteiger partial charge on any atom is -0.478 e. The molecule has 68 valence electrons. The largest absolute Gasteiger partial charge is 0.478 e. The van der Waals surface area contributed by atoms with Crippen LogP contribution in [0.15, 0.2) is 18.2 Å². The van der Waals surface area contributed by atoms with Crippen molar-refractivity contribution in [3.8, 4) is 0 Å². The third kappa shape index (κ3) is 1.81. The molecule has 0 fully saturated rings. The number of hydrogen-bond acceptors (Lipinski definition) is 2. The lowest BCUT2D eigenvalue weighted by atomic mass is 10.1. The Balaban J connectivity index is 3.25. The van der Waals surface area contributed by atoms with Crippen LogP contribution in [0, 0.1) is 5.82 Å². The number of aromatic carboxylic acids is 1. The molecule has 0 aliphatic heterocycles. The number of anilines is 1. The summed E-state index contributed by atoms with van der Waals surface area (Å²) in [5.74, 6) is -2.29. The van der Waals surface area contributed by atoms with E-state index >= 15 is 0 Å². The molecule has 0 heterocycles. The zero-order chi connectivity index (χ0) is 9.84. The monoisotopic (exact) mass is 183 g/mol. The Hall–Kier alpha value is -1.91. The summed E-state index contributed by atoms with van der Waals surface area (Å²) in [6, 6.07) is 3.63. The molecule has 1 rings (SSSR count). The summed E-state index contributed by atoms with van der Waals surface area (Å²) in [5, 5.41) is 10.7. The number of benzene rings is 1. The molecule has 0 aliphatic carbocycles. The van der Waals surface area contributed by atoms with E-state index in [-0.39, 0.29) is 5.69 Å². The van der Waals surface area contributed by atoms with Crippen LogP contribution in [0.3, 0.4) is 0 Å². The highest BCUT2D eigenvalue weighted by Gasteiger charge is 2.14. The molecule has 1 aromatic rings. The van der Waals surface area contributed by atoms with Crippen LogP contribution in [0.25, 0.3) is 0 Å². The van der Waals surface area contributed by atoms with Gasteiger partial charge in [0.05, 0.1) is 5.69 Å². The van der Waals surface area contributed by atoms with Gasteiger partial charge in [0.1, 0.15) is 11.4 Å². The molecular formula is C8H6FNO3. The Morgan fingerprint density at radius 3 is 2.77 bits per heavy atom. The second kappa shape index (κ2) is 3.66. The Morgan fingerprint density at radius 2 is 2.23 bits per heavy atom. The van der Waals surface area contributed by atoms with Crippen LogP contribution >= 0.6 is 0 Å². The number of carbonyl (C=O) groups excluding carboxylic acids is 1. The molecule has 0 atom stereocenters. The highest BCUT2D eigenvalue weighted by atomic mass is 19.1. The van der Waals surface area contributed by atoms with Crippen molar-refractivity contribution in [2.24, 2.45) is 0 Å². The van der Waals surface area contributed by atoms with Crippen molar-refractivity contribution in [2.45, 2.75) is 0 Å². The Kier molecular flexibility index (Phi) is 2.59. The van der Waals surface area contributed by atoms with E-state index in [1.807, 2.05) is 0 Å². The lowest BCUT2D eigenvalue weighted by Gasteiger charge is -2.03. The van der Waals surface area contributed by atoms with E-state index in [1.54, 1.807) is 0 Å². The molecule has 5 heteroatoms. The second-order valence-electron chi connectivity index (χ2n) is 2.23. The van der Waals surface area contributed by atoms with Crippen LogP contribution in [0.2, 0.25) is 0 Å². The smallest absolute Gasteiger partial charge is 0.340 e. The summed E-state index contributed by atoms with van der Waals surface area (Å²) in [4.78, 5) is 20.6. The van der Waals surface area contributed by atoms with Gasteiger partial charge in [-0.3, -0.25) is 4.79 Å². The first-order chi connectivity index (χ1) is 6.16. The first kappa shape index (κ1) is 9.18. The molecule has 1 aromatic carbocycles. The topological polar surface area (TPSA) is 66.4 Å². The fourth-order valence-corrected chi connectivity index (χ4v) is 0.925. The molecule has 0 saturated heterocycles. The van der Waals surface area contributed by atoms with Gasteiger partial charge in [0, 0.05) is 0 Å². The maximum atomic E-state index is 12.9. The van der Waals surface area contributed by atoms with Gasteiger partial charge < -0.3 is 10.4 Å². The van der Waals surface area contributed by atoms with Gasteiger partial charge in [-0.2, -0.15) is 0 Å². The SMILES string of the molecule is O=CNc1cccc(F)c1C(=O)O. The van der Waals surface area contributed by atoms with Gasteiger partial charge in [-0.05, 0) is 12.1 Å². The summed E-state index contributed by atoms with van der Waals surface area (Å²) in [6.07, 6.45) is 0.293. The molecule has 0 radical (unpaired) electrons.